The average Bonchev–Trinajstić information content (AvgIpc) is 3.20. The summed E-state index contributed by atoms with van der Waals surface area (Å²) in [5.74, 6) is 0. The molecule has 0 aliphatic carbocycles. The van der Waals surface area contributed by atoms with Crippen molar-refractivity contribution < 1.29 is 24.5 Å². The lowest BCUT2D eigenvalue weighted by Crippen LogP contribution is -2.52. The highest BCUT2D eigenvalue weighted by Crippen LogP contribution is 2.28. The van der Waals surface area contributed by atoms with Gasteiger partial charge >= 0.3 is 6.03 Å². The number of aliphatic hydroxyl groups excluding tert-OH is 2. The molecule has 0 spiro atoms. The van der Waals surface area contributed by atoms with E-state index in [-0.39, 0.29) is 24.8 Å². The van der Waals surface area contributed by atoms with E-state index in [0.717, 1.165) is 25.9 Å². The van der Waals surface area contributed by atoms with Crippen molar-refractivity contribution in [2.45, 2.75) is 37.2 Å². The van der Waals surface area contributed by atoms with Crippen LogP contribution in [-0.4, -0.2) is 103 Å². The van der Waals surface area contributed by atoms with Crippen molar-refractivity contribution in [2.24, 2.45) is 0 Å². The van der Waals surface area contributed by atoms with Crippen LogP contribution in [0.4, 0.5) is 4.79 Å². The first kappa shape index (κ1) is 16.9. The van der Waals surface area contributed by atoms with Gasteiger partial charge in [0.2, 0.25) is 0 Å². The third-order valence-electron chi connectivity index (χ3n) is 4.96. The molecule has 2 amide bonds. The first-order chi connectivity index (χ1) is 11.2. The molecule has 3 saturated heterocycles. The van der Waals surface area contributed by atoms with Gasteiger partial charge < -0.3 is 29.9 Å². The van der Waals surface area contributed by atoms with Gasteiger partial charge in [0.1, 0.15) is 12.2 Å². The lowest BCUT2D eigenvalue weighted by Gasteiger charge is -2.31. The van der Waals surface area contributed by atoms with Gasteiger partial charge in [0.25, 0.3) is 0 Å². The van der Waals surface area contributed by atoms with E-state index in [4.69, 9.17) is 9.47 Å². The number of urea groups is 1. The van der Waals surface area contributed by atoms with Crippen LogP contribution < -0.4 is 5.32 Å². The third-order valence-corrected chi connectivity index (χ3v) is 4.96. The van der Waals surface area contributed by atoms with Crippen molar-refractivity contribution in [2.75, 3.05) is 52.5 Å². The number of nitrogens with zero attached hydrogens (tertiary/aromatic N) is 2. The van der Waals surface area contributed by atoms with Crippen LogP contribution in [0.2, 0.25) is 0 Å². The highest BCUT2D eigenvalue weighted by atomic mass is 16.5. The fourth-order valence-electron chi connectivity index (χ4n) is 3.70. The summed E-state index contributed by atoms with van der Waals surface area (Å²) in [6.07, 6.45) is 0.624. The van der Waals surface area contributed by atoms with Crippen molar-refractivity contribution >= 4 is 6.03 Å². The first-order valence-corrected chi connectivity index (χ1v) is 8.49. The van der Waals surface area contributed by atoms with E-state index in [9.17, 15) is 15.0 Å². The summed E-state index contributed by atoms with van der Waals surface area (Å²) in [6, 6.07) is -0.293. The van der Waals surface area contributed by atoms with E-state index in [1.54, 1.807) is 4.90 Å². The lowest BCUT2D eigenvalue weighted by molar-refractivity contribution is -0.0211. The second-order valence-electron chi connectivity index (χ2n) is 6.41. The molecule has 0 aromatic rings. The second kappa shape index (κ2) is 7.76. The Morgan fingerprint density at radius 3 is 2.48 bits per heavy atom. The average molecular weight is 329 g/mol. The SMILES string of the molecule is O=C(NC[C@H]1O[C@@H](CO)[C@@H](O)[C@H]1N1CCCC1)N1CCOCC1. The van der Waals surface area contributed by atoms with Crippen LogP contribution in [0.5, 0.6) is 0 Å². The predicted octanol–water partition coefficient (Wildman–Crippen LogP) is -1.39. The van der Waals surface area contributed by atoms with Crippen LogP contribution in [0.1, 0.15) is 12.8 Å². The normalized spacial score (nSPS) is 35.7. The molecule has 3 aliphatic rings. The standard InChI is InChI=1S/C15H27N3O5/c19-10-12-14(20)13(17-3-1-2-4-17)11(23-12)9-16-15(21)18-5-7-22-8-6-18/h11-14,19-20H,1-10H2,(H,16,21)/t11-,12+,13+,14-/m1/s1. The topological polar surface area (TPSA) is 94.5 Å². The van der Waals surface area contributed by atoms with Gasteiger partial charge in [0.15, 0.2) is 0 Å². The quantitative estimate of drug-likeness (QED) is 0.588. The van der Waals surface area contributed by atoms with Crippen molar-refractivity contribution in [3.05, 3.63) is 0 Å². The zero-order chi connectivity index (χ0) is 16.2. The Balaban J connectivity index is 1.56. The van der Waals surface area contributed by atoms with E-state index in [1.165, 1.54) is 0 Å². The van der Waals surface area contributed by atoms with E-state index in [0.29, 0.717) is 32.8 Å². The van der Waals surface area contributed by atoms with Crippen molar-refractivity contribution in [3.8, 4) is 0 Å². The smallest absolute Gasteiger partial charge is 0.317 e. The Morgan fingerprint density at radius 1 is 1.13 bits per heavy atom. The summed E-state index contributed by atoms with van der Waals surface area (Å²) < 4.78 is 11.0. The molecule has 0 aromatic heterocycles. The van der Waals surface area contributed by atoms with Gasteiger partial charge in [0.05, 0.1) is 32.0 Å². The Morgan fingerprint density at radius 2 is 1.83 bits per heavy atom. The Hall–Kier alpha value is -0.930. The molecule has 23 heavy (non-hydrogen) atoms. The molecule has 0 saturated carbocycles. The minimum Gasteiger partial charge on any atom is -0.394 e. The van der Waals surface area contributed by atoms with Gasteiger partial charge in [-0.3, -0.25) is 4.90 Å². The van der Waals surface area contributed by atoms with Gasteiger partial charge in [-0.25, -0.2) is 4.79 Å². The van der Waals surface area contributed by atoms with Gasteiger partial charge in [-0.2, -0.15) is 0 Å². The summed E-state index contributed by atoms with van der Waals surface area (Å²) in [4.78, 5) is 16.1. The molecule has 3 heterocycles. The van der Waals surface area contributed by atoms with Crippen LogP contribution in [0, 0.1) is 0 Å². The summed E-state index contributed by atoms with van der Waals surface area (Å²) >= 11 is 0. The number of aliphatic hydroxyl groups is 2. The first-order valence-electron chi connectivity index (χ1n) is 8.49. The third kappa shape index (κ3) is 3.77. The maximum atomic E-state index is 12.2. The van der Waals surface area contributed by atoms with Gasteiger partial charge in [0, 0.05) is 19.6 Å². The molecule has 132 valence electrons. The van der Waals surface area contributed by atoms with E-state index < -0.39 is 12.2 Å². The van der Waals surface area contributed by atoms with Gasteiger partial charge in [-0.1, -0.05) is 0 Å². The monoisotopic (exact) mass is 329 g/mol. The molecule has 0 bridgehead atoms. The molecule has 3 N–H and O–H groups in total. The molecule has 3 fully saturated rings. The number of carbonyl (C=O) groups excluding carboxylic acids is 1. The maximum absolute atomic E-state index is 12.2. The molecule has 8 nitrogen and oxygen atoms in total. The number of hydrogen-bond donors (Lipinski definition) is 3. The van der Waals surface area contributed by atoms with Crippen LogP contribution >= 0.6 is 0 Å². The highest BCUT2D eigenvalue weighted by Gasteiger charge is 2.46. The summed E-state index contributed by atoms with van der Waals surface area (Å²) in [5.41, 5.74) is 0. The Bertz CT molecular complexity index is 399. The predicted molar refractivity (Wildman–Crippen MR) is 82.1 cm³/mol. The number of likely N-dealkylation sites (tertiary alicyclic amines) is 1. The minimum absolute atomic E-state index is 0.126. The molecule has 4 atom stereocenters. The number of carbonyl (C=O) groups is 1. The van der Waals surface area contributed by atoms with Crippen molar-refractivity contribution in [3.63, 3.8) is 0 Å². The summed E-state index contributed by atoms with van der Waals surface area (Å²) in [7, 11) is 0. The largest absolute Gasteiger partial charge is 0.394 e. The fraction of sp³-hybridized carbons (Fsp3) is 0.933. The number of morpholine rings is 1. The van der Waals surface area contributed by atoms with Crippen LogP contribution in [-0.2, 0) is 9.47 Å². The van der Waals surface area contributed by atoms with Gasteiger partial charge in [-0.15, -0.1) is 0 Å². The molecule has 0 radical (unpaired) electrons. The number of nitrogens with one attached hydrogen (secondary N) is 1. The Kier molecular flexibility index (Phi) is 5.71. The maximum Gasteiger partial charge on any atom is 0.317 e. The van der Waals surface area contributed by atoms with Crippen molar-refractivity contribution in [1.29, 1.82) is 0 Å². The van der Waals surface area contributed by atoms with E-state index >= 15 is 0 Å². The molecular weight excluding hydrogens is 302 g/mol. The minimum atomic E-state index is -0.719. The highest BCUT2D eigenvalue weighted by molar-refractivity contribution is 5.74. The van der Waals surface area contributed by atoms with Gasteiger partial charge in [-0.05, 0) is 25.9 Å². The number of amides is 2. The molecule has 0 unspecified atom stereocenters. The van der Waals surface area contributed by atoms with Crippen LogP contribution in [0.3, 0.4) is 0 Å². The Labute approximate surface area is 136 Å². The molecule has 8 heteroatoms. The molecule has 3 aliphatic heterocycles. The van der Waals surface area contributed by atoms with Crippen molar-refractivity contribution in [1.82, 2.24) is 15.1 Å². The second-order valence-corrected chi connectivity index (χ2v) is 6.41. The van der Waals surface area contributed by atoms with Crippen LogP contribution in [0.25, 0.3) is 0 Å². The summed E-state index contributed by atoms with van der Waals surface area (Å²) in [5, 5.41) is 22.7. The van der Waals surface area contributed by atoms with Crippen LogP contribution in [0.15, 0.2) is 0 Å². The molecule has 3 rings (SSSR count). The number of hydrogen-bond acceptors (Lipinski definition) is 6. The zero-order valence-electron chi connectivity index (χ0n) is 13.4. The van der Waals surface area contributed by atoms with E-state index in [1.807, 2.05) is 0 Å². The number of rotatable bonds is 4. The number of ether oxygens (including phenoxy) is 2. The summed E-state index contributed by atoms with van der Waals surface area (Å²) in [6.45, 7) is 4.30. The zero-order valence-corrected chi connectivity index (χ0v) is 13.4. The van der Waals surface area contributed by atoms with E-state index in [2.05, 4.69) is 10.2 Å². The fourth-order valence-corrected chi connectivity index (χ4v) is 3.70. The molecular formula is C15H27N3O5. The molecule has 0 aromatic carbocycles. The lowest BCUT2D eigenvalue weighted by atomic mass is 10.0.